The fourth-order valence-electron chi connectivity index (χ4n) is 1.84. The van der Waals surface area contributed by atoms with Crippen molar-refractivity contribution in [2.45, 2.75) is 0 Å². The number of carbonyl (C=O) groups is 2. The lowest BCUT2D eigenvalue weighted by atomic mass is 10.2. The Morgan fingerprint density at radius 3 is 2.40 bits per heavy atom. The molecule has 2 amide bonds. The molecule has 6 nitrogen and oxygen atoms in total. The van der Waals surface area contributed by atoms with Gasteiger partial charge in [0.25, 0.3) is 11.8 Å². The monoisotopic (exact) mass is 360 g/mol. The number of benzene rings is 2. The largest absolute Gasteiger partial charge is 0.493 e. The number of para-hydroxylation sites is 2. The van der Waals surface area contributed by atoms with Gasteiger partial charge in [-0.1, -0.05) is 35.9 Å². The van der Waals surface area contributed by atoms with Crippen LogP contribution in [-0.4, -0.2) is 25.5 Å². The summed E-state index contributed by atoms with van der Waals surface area (Å²) < 4.78 is 10.5. The van der Waals surface area contributed by atoms with Crippen molar-refractivity contribution in [1.82, 2.24) is 10.9 Å². The average molecular weight is 361 g/mol. The van der Waals surface area contributed by atoms with Gasteiger partial charge in [-0.05, 0) is 35.9 Å². The van der Waals surface area contributed by atoms with Gasteiger partial charge in [-0.2, -0.15) is 0 Å². The first kappa shape index (κ1) is 18.4. The van der Waals surface area contributed by atoms with Crippen LogP contribution >= 0.6 is 11.6 Å². The Hall–Kier alpha value is -2.99. The molecule has 0 bridgehead atoms. The van der Waals surface area contributed by atoms with Gasteiger partial charge in [0.05, 0.1) is 7.11 Å². The predicted octanol–water partition coefficient (Wildman–Crippen LogP) is 2.59. The fourth-order valence-corrected chi connectivity index (χ4v) is 1.96. The Morgan fingerprint density at radius 2 is 1.72 bits per heavy atom. The number of methoxy groups -OCH3 is 1. The molecule has 2 rings (SSSR count). The van der Waals surface area contributed by atoms with Crippen LogP contribution in [0.3, 0.4) is 0 Å². The van der Waals surface area contributed by atoms with Crippen LogP contribution in [0, 0.1) is 0 Å². The van der Waals surface area contributed by atoms with Gasteiger partial charge < -0.3 is 9.47 Å². The van der Waals surface area contributed by atoms with Crippen molar-refractivity contribution in [3.05, 3.63) is 65.2 Å². The Labute approximate surface area is 150 Å². The lowest BCUT2D eigenvalue weighted by molar-refractivity contribution is -0.128. The van der Waals surface area contributed by atoms with Gasteiger partial charge in [0.15, 0.2) is 18.1 Å². The highest BCUT2D eigenvalue weighted by molar-refractivity contribution is 6.30. The van der Waals surface area contributed by atoms with E-state index in [1.165, 1.54) is 13.2 Å². The Balaban J connectivity index is 1.75. The highest BCUT2D eigenvalue weighted by Crippen LogP contribution is 2.25. The van der Waals surface area contributed by atoms with Crippen molar-refractivity contribution in [2.24, 2.45) is 0 Å². The molecule has 0 aliphatic carbocycles. The van der Waals surface area contributed by atoms with Crippen molar-refractivity contribution in [1.29, 1.82) is 0 Å². The summed E-state index contributed by atoms with van der Waals surface area (Å²) in [5.74, 6) is -0.0147. The van der Waals surface area contributed by atoms with Crippen LogP contribution in [0.4, 0.5) is 0 Å². The van der Waals surface area contributed by atoms with Crippen molar-refractivity contribution < 1.29 is 19.1 Å². The molecule has 0 fully saturated rings. The van der Waals surface area contributed by atoms with E-state index in [-0.39, 0.29) is 6.61 Å². The summed E-state index contributed by atoms with van der Waals surface area (Å²) in [4.78, 5) is 23.4. The maximum Gasteiger partial charge on any atom is 0.276 e. The minimum absolute atomic E-state index is 0.262. The number of carbonyl (C=O) groups excluding carboxylic acids is 2. The summed E-state index contributed by atoms with van der Waals surface area (Å²) in [5, 5.41) is 0.615. The zero-order valence-electron chi connectivity index (χ0n) is 13.5. The number of nitrogens with one attached hydrogen (secondary N) is 2. The van der Waals surface area contributed by atoms with E-state index in [2.05, 4.69) is 10.9 Å². The summed E-state index contributed by atoms with van der Waals surface area (Å²) in [6.45, 7) is -0.262. The van der Waals surface area contributed by atoms with Gasteiger partial charge in [0.1, 0.15) is 0 Å². The predicted molar refractivity (Wildman–Crippen MR) is 95.3 cm³/mol. The van der Waals surface area contributed by atoms with Gasteiger partial charge in [-0.25, -0.2) is 0 Å². The maximum absolute atomic E-state index is 11.7. The summed E-state index contributed by atoms with van der Waals surface area (Å²) in [5.41, 5.74) is 5.34. The molecule has 0 heterocycles. The molecule has 0 aliphatic heterocycles. The number of ether oxygens (including phenoxy) is 2. The number of hydrogen-bond donors (Lipinski definition) is 2. The van der Waals surface area contributed by atoms with Crippen LogP contribution in [0.5, 0.6) is 11.5 Å². The van der Waals surface area contributed by atoms with E-state index in [9.17, 15) is 9.59 Å². The molecule has 2 aromatic carbocycles. The lowest BCUT2D eigenvalue weighted by Crippen LogP contribution is -2.43. The van der Waals surface area contributed by atoms with Crippen molar-refractivity contribution >= 4 is 29.5 Å². The molecule has 130 valence electrons. The number of hydrazine groups is 1. The van der Waals surface area contributed by atoms with E-state index in [1.807, 2.05) is 0 Å². The standard InChI is InChI=1S/C18H17ClN2O4/c1-24-15-4-2-3-5-16(15)25-12-18(23)21-20-17(22)11-8-13-6-9-14(19)10-7-13/h2-11H,12H2,1H3,(H,20,22)(H,21,23)/b11-8+. The molecule has 0 unspecified atom stereocenters. The second kappa shape index (κ2) is 9.34. The van der Waals surface area contributed by atoms with Crippen LogP contribution in [0.15, 0.2) is 54.6 Å². The summed E-state index contributed by atoms with van der Waals surface area (Å²) in [7, 11) is 1.51. The second-order valence-corrected chi connectivity index (χ2v) is 5.30. The smallest absolute Gasteiger partial charge is 0.276 e. The molecule has 0 spiro atoms. The maximum atomic E-state index is 11.7. The molecular formula is C18H17ClN2O4. The molecule has 2 N–H and O–H groups in total. The van der Waals surface area contributed by atoms with Gasteiger partial charge in [-0.3, -0.25) is 20.4 Å². The first-order valence-corrected chi connectivity index (χ1v) is 7.74. The minimum Gasteiger partial charge on any atom is -0.493 e. The Bertz CT molecular complexity index is 760. The zero-order chi connectivity index (χ0) is 18.1. The van der Waals surface area contributed by atoms with Crippen LogP contribution < -0.4 is 20.3 Å². The average Bonchev–Trinajstić information content (AvgIpc) is 2.64. The molecule has 0 saturated heterocycles. The lowest BCUT2D eigenvalue weighted by Gasteiger charge is -2.10. The molecule has 0 saturated carbocycles. The van der Waals surface area contributed by atoms with Gasteiger partial charge in [-0.15, -0.1) is 0 Å². The molecule has 0 aromatic heterocycles. The topological polar surface area (TPSA) is 76.7 Å². The zero-order valence-corrected chi connectivity index (χ0v) is 14.2. The van der Waals surface area contributed by atoms with E-state index in [4.69, 9.17) is 21.1 Å². The summed E-state index contributed by atoms with van der Waals surface area (Å²) in [6, 6.07) is 13.9. The highest BCUT2D eigenvalue weighted by Gasteiger charge is 2.07. The first-order valence-electron chi connectivity index (χ1n) is 7.37. The van der Waals surface area contributed by atoms with Crippen molar-refractivity contribution in [3.8, 4) is 11.5 Å². The summed E-state index contributed by atoms with van der Waals surface area (Å²) in [6.07, 6.45) is 2.90. The van der Waals surface area contributed by atoms with Crippen LogP contribution in [0.2, 0.25) is 5.02 Å². The van der Waals surface area contributed by atoms with Gasteiger partial charge in [0, 0.05) is 11.1 Å². The molecule has 0 atom stereocenters. The first-order chi connectivity index (χ1) is 12.1. The van der Waals surface area contributed by atoms with Crippen LogP contribution in [0.1, 0.15) is 5.56 Å². The third-order valence-electron chi connectivity index (χ3n) is 3.05. The Morgan fingerprint density at radius 1 is 1.04 bits per heavy atom. The number of amides is 2. The quantitative estimate of drug-likeness (QED) is 0.613. The molecule has 2 aromatic rings. The normalized spacial score (nSPS) is 10.3. The minimum atomic E-state index is -0.501. The van der Waals surface area contributed by atoms with Crippen molar-refractivity contribution in [2.75, 3.05) is 13.7 Å². The van der Waals surface area contributed by atoms with Gasteiger partial charge in [0.2, 0.25) is 0 Å². The van der Waals surface area contributed by atoms with Crippen LogP contribution in [0.25, 0.3) is 6.08 Å². The van der Waals surface area contributed by atoms with E-state index < -0.39 is 11.8 Å². The third-order valence-corrected chi connectivity index (χ3v) is 3.30. The van der Waals surface area contributed by atoms with Gasteiger partial charge >= 0.3 is 0 Å². The highest BCUT2D eigenvalue weighted by atomic mass is 35.5. The Kier molecular flexibility index (Phi) is 6.86. The molecule has 0 aliphatic rings. The number of rotatable bonds is 6. The second-order valence-electron chi connectivity index (χ2n) is 4.86. The molecular weight excluding hydrogens is 344 g/mol. The SMILES string of the molecule is COc1ccccc1OCC(=O)NNC(=O)/C=C/c1ccc(Cl)cc1. The van der Waals surface area contributed by atoms with Crippen LogP contribution in [-0.2, 0) is 9.59 Å². The number of hydrogen-bond acceptors (Lipinski definition) is 4. The third kappa shape index (κ3) is 6.19. The van der Waals surface area contributed by atoms with E-state index in [0.717, 1.165) is 5.56 Å². The number of halogens is 1. The van der Waals surface area contributed by atoms with E-state index >= 15 is 0 Å². The molecule has 0 radical (unpaired) electrons. The molecule has 7 heteroatoms. The van der Waals surface area contributed by atoms with Crippen molar-refractivity contribution in [3.63, 3.8) is 0 Å². The van der Waals surface area contributed by atoms with E-state index in [0.29, 0.717) is 16.5 Å². The fraction of sp³-hybridized carbons (Fsp3) is 0.111. The summed E-state index contributed by atoms with van der Waals surface area (Å²) >= 11 is 5.78. The van der Waals surface area contributed by atoms with E-state index in [1.54, 1.807) is 54.6 Å². The molecule has 25 heavy (non-hydrogen) atoms.